The largest absolute Gasteiger partial charge is 0.491 e. The molecule has 106 valence electrons. The molecule has 6 heteroatoms. The van der Waals surface area contributed by atoms with Crippen molar-refractivity contribution in [2.45, 2.75) is 20.0 Å². The summed E-state index contributed by atoms with van der Waals surface area (Å²) in [5.74, 6) is 0.672. The zero-order chi connectivity index (χ0) is 14.1. The van der Waals surface area contributed by atoms with Gasteiger partial charge in [-0.3, -0.25) is 0 Å². The Bertz CT molecular complexity index is 341. The minimum atomic E-state index is -1.45. The quantitative estimate of drug-likeness (QED) is 0.494. The summed E-state index contributed by atoms with van der Waals surface area (Å²) in [5.41, 5.74) is 0.439. The van der Waals surface area contributed by atoms with Crippen molar-refractivity contribution in [2.75, 3.05) is 26.4 Å². The maximum Gasteiger partial charge on any atom is 0.488 e. The lowest BCUT2D eigenvalue weighted by atomic mass is 9.80. The highest BCUT2D eigenvalue weighted by Gasteiger charge is 2.09. The lowest BCUT2D eigenvalue weighted by Crippen LogP contribution is -2.29. The molecule has 1 aromatic rings. The van der Waals surface area contributed by atoms with Crippen LogP contribution in [0.2, 0.25) is 0 Å². The van der Waals surface area contributed by atoms with Gasteiger partial charge in [0.15, 0.2) is 0 Å². The molecule has 19 heavy (non-hydrogen) atoms. The Hall–Kier alpha value is -1.08. The molecular weight excluding hydrogens is 247 g/mol. The van der Waals surface area contributed by atoms with Crippen LogP contribution in [0.25, 0.3) is 0 Å². The molecule has 0 bridgehead atoms. The lowest BCUT2D eigenvalue weighted by molar-refractivity contribution is -0.0128. The normalized spacial score (nSPS) is 12.2. The fraction of sp³-hybridized carbons (Fsp3) is 0.538. The minimum absolute atomic E-state index is 0.0514. The van der Waals surface area contributed by atoms with Crippen molar-refractivity contribution in [3.8, 4) is 5.75 Å². The van der Waals surface area contributed by atoms with Gasteiger partial charge in [-0.1, -0.05) is 12.1 Å². The first-order chi connectivity index (χ1) is 9.13. The number of hydrogen-bond donors (Lipinski definition) is 2. The molecule has 5 nitrogen and oxygen atoms in total. The standard InChI is InChI=1S/C13H21BO5/c1-3-17-10-11(2)18-8-9-19-13-6-4-12(5-7-13)14(15)16/h4-7,11,15-16H,3,8-10H2,1-2H3. The van der Waals surface area contributed by atoms with E-state index in [2.05, 4.69) is 0 Å². The summed E-state index contributed by atoms with van der Waals surface area (Å²) in [5, 5.41) is 17.9. The molecule has 1 aromatic carbocycles. The first-order valence-corrected chi connectivity index (χ1v) is 6.41. The highest BCUT2D eigenvalue weighted by molar-refractivity contribution is 6.58. The molecule has 0 heterocycles. The summed E-state index contributed by atoms with van der Waals surface area (Å²) >= 11 is 0. The van der Waals surface area contributed by atoms with Crippen molar-refractivity contribution in [3.05, 3.63) is 24.3 Å². The Labute approximate surface area is 114 Å². The van der Waals surface area contributed by atoms with Crippen LogP contribution in [-0.2, 0) is 9.47 Å². The van der Waals surface area contributed by atoms with Crippen LogP contribution in [0.15, 0.2) is 24.3 Å². The van der Waals surface area contributed by atoms with E-state index in [1.807, 2.05) is 13.8 Å². The predicted octanol–water partition coefficient (Wildman–Crippen LogP) is 0.187. The molecule has 0 aliphatic heterocycles. The molecule has 0 saturated carbocycles. The smallest absolute Gasteiger partial charge is 0.488 e. The van der Waals surface area contributed by atoms with Gasteiger partial charge in [-0.2, -0.15) is 0 Å². The molecule has 0 aliphatic carbocycles. The molecule has 0 aliphatic rings. The highest BCUT2D eigenvalue weighted by Crippen LogP contribution is 2.07. The number of hydrogen-bond acceptors (Lipinski definition) is 5. The van der Waals surface area contributed by atoms with Crippen molar-refractivity contribution >= 4 is 12.6 Å². The van der Waals surface area contributed by atoms with E-state index in [4.69, 9.17) is 24.3 Å². The molecule has 0 radical (unpaired) electrons. The summed E-state index contributed by atoms with van der Waals surface area (Å²) in [7, 11) is -1.45. The first kappa shape index (κ1) is 16.0. The van der Waals surface area contributed by atoms with Crippen LogP contribution < -0.4 is 10.2 Å². The number of ether oxygens (including phenoxy) is 3. The van der Waals surface area contributed by atoms with Gasteiger partial charge in [-0.05, 0) is 31.4 Å². The van der Waals surface area contributed by atoms with Crippen LogP contribution in [0.4, 0.5) is 0 Å². The van der Waals surface area contributed by atoms with Gasteiger partial charge in [0, 0.05) is 6.61 Å². The third-order valence-electron chi connectivity index (χ3n) is 2.49. The van der Waals surface area contributed by atoms with E-state index in [1.165, 1.54) is 0 Å². The number of benzene rings is 1. The fourth-order valence-electron chi connectivity index (χ4n) is 1.48. The average Bonchev–Trinajstić information content (AvgIpc) is 2.41. The zero-order valence-corrected chi connectivity index (χ0v) is 11.4. The van der Waals surface area contributed by atoms with E-state index in [-0.39, 0.29) is 6.10 Å². The molecule has 0 saturated heterocycles. The van der Waals surface area contributed by atoms with Gasteiger partial charge in [-0.25, -0.2) is 0 Å². The maximum absolute atomic E-state index is 8.94. The average molecular weight is 268 g/mol. The molecule has 0 fully saturated rings. The van der Waals surface area contributed by atoms with Gasteiger partial charge in [0.25, 0.3) is 0 Å². The van der Waals surface area contributed by atoms with Crippen molar-refractivity contribution in [2.24, 2.45) is 0 Å². The highest BCUT2D eigenvalue weighted by atomic mass is 16.5. The molecule has 0 amide bonds. The lowest BCUT2D eigenvalue weighted by Gasteiger charge is -2.13. The topological polar surface area (TPSA) is 68.2 Å². The third-order valence-corrected chi connectivity index (χ3v) is 2.49. The second kappa shape index (κ2) is 8.93. The Balaban J connectivity index is 2.18. The molecule has 0 aromatic heterocycles. The maximum atomic E-state index is 8.94. The Kier molecular flexibility index (Phi) is 7.51. The predicted molar refractivity (Wildman–Crippen MR) is 73.7 cm³/mol. The second-order valence-electron chi connectivity index (χ2n) is 4.13. The summed E-state index contributed by atoms with van der Waals surface area (Å²) in [6, 6.07) is 6.61. The van der Waals surface area contributed by atoms with Gasteiger partial charge in [0.1, 0.15) is 12.4 Å². The van der Waals surface area contributed by atoms with Gasteiger partial charge in [-0.15, -0.1) is 0 Å². The molecular formula is C13H21BO5. The van der Waals surface area contributed by atoms with Gasteiger partial charge in [0.2, 0.25) is 0 Å². The van der Waals surface area contributed by atoms with Gasteiger partial charge < -0.3 is 24.3 Å². The fourth-order valence-corrected chi connectivity index (χ4v) is 1.48. The van der Waals surface area contributed by atoms with E-state index >= 15 is 0 Å². The first-order valence-electron chi connectivity index (χ1n) is 6.41. The molecule has 1 rings (SSSR count). The summed E-state index contributed by atoms with van der Waals surface area (Å²) in [6.07, 6.45) is 0.0514. The summed E-state index contributed by atoms with van der Waals surface area (Å²) in [6.45, 7) is 6.10. The monoisotopic (exact) mass is 268 g/mol. The SMILES string of the molecule is CCOCC(C)OCCOc1ccc(B(O)O)cc1. The van der Waals surface area contributed by atoms with Crippen LogP contribution in [0.1, 0.15) is 13.8 Å². The van der Waals surface area contributed by atoms with E-state index in [9.17, 15) is 0 Å². The third kappa shape index (κ3) is 6.59. The molecule has 1 atom stereocenters. The Morgan fingerprint density at radius 1 is 1.16 bits per heavy atom. The Morgan fingerprint density at radius 2 is 1.84 bits per heavy atom. The van der Waals surface area contributed by atoms with E-state index < -0.39 is 7.12 Å². The van der Waals surface area contributed by atoms with E-state index in [0.29, 0.717) is 37.6 Å². The van der Waals surface area contributed by atoms with Crippen LogP contribution in [0.3, 0.4) is 0 Å². The van der Waals surface area contributed by atoms with Crippen LogP contribution in [0.5, 0.6) is 5.75 Å². The molecule has 1 unspecified atom stereocenters. The second-order valence-corrected chi connectivity index (χ2v) is 4.13. The number of rotatable bonds is 9. The molecule has 0 spiro atoms. The van der Waals surface area contributed by atoms with Crippen molar-refractivity contribution in [1.29, 1.82) is 0 Å². The van der Waals surface area contributed by atoms with Crippen LogP contribution >= 0.6 is 0 Å². The van der Waals surface area contributed by atoms with Crippen LogP contribution in [0, 0.1) is 0 Å². The Morgan fingerprint density at radius 3 is 2.42 bits per heavy atom. The zero-order valence-electron chi connectivity index (χ0n) is 11.4. The van der Waals surface area contributed by atoms with Crippen LogP contribution in [-0.4, -0.2) is 49.7 Å². The minimum Gasteiger partial charge on any atom is -0.491 e. The van der Waals surface area contributed by atoms with E-state index in [0.717, 1.165) is 0 Å². The van der Waals surface area contributed by atoms with E-state index in [1.54, 1.807) is 24.3 Å². The summed E-state index contributed by atoms with van der Waals surface area (Å²) in [4.78, 5) is 0. The van der Waals surface area contributed by atoms with Crippen molar-refractivity contribution in [3.63, 3.8) is 0 Å². The van der Waals surface area contributed by atoms with Gasteiger partial charge in [0.05, 0.1) is 19.3 Å². The van der Waals surface area contributed by atoms with Gasteiger partial charge >= 0.3 is 7.12 Å². The molecule has 2 N–H and O–H groups in total. The van der Waals surface area contributed by atoms with Crippen molar-refractivity contribution in [1.82, 2.24) is 0 Å². The summed E-state index contributed by atoms with van der Waals surface area (Å²) < 4.78 is 16.2. The van der Waals surface area contributed by atoms with Crippen molar-refractivity contribution < 1.29 is 24.3 Å².